The highest BCUT2D eigenvalue weighted by molar-refractivity contribution is 5.18. The van der Waals surface area contributed by atoms with Crippen molar-refractivity contribution in [3.8, 4) is 6.07 Å². The highest BCUT2D eigenvalue weighted by atomic mass is 19.1. The van der Waals surface area contributed by atoms with Crippen LogP contribution < -0.4 is 0 Å². The van der Waals surface area contributed by atoms with E-state index in [-0.39, 0.29) is 0 Å². The molecule has 0 unspecified atom stereocenters. The average molecular weight is 360 g/mol. The molecule has 0 bridgehead atoms. The lowest BCUT2D eigenvalue weighted by molar-refractivity contribution is 0.210. The third-order valence-electron chi connectivity index (χ3n) is 6.84. The molecule has 146 valence electrons. The lowest BCUT2D eigenvalue weighted by atomic mass is 9.74. The van der Waals surface area contributed by atoms with E-state index in [0.29, 0.717) is 0 Å². The zero-order valence-corrected chi connectivity index (χ0v) is 16.8. The summed E-state index contributed by atoms with van der Waals surface area (Å²) in [5, 5.41) is 8.35. The largest absolute Gasteiger partial charge is 0.199 e. The summed E-state index contributed by atoms with van der Waals surface area (Å²) < 4.78 is 12.7. The van der Waals surface area contributed by atoms with Gasteiger partial charge >= 0.3 is 0 Å². The van der Waals surface area contributed by atoms with Crippen LogP contribution >= 0.6 is 0 Å². The van der Waals surface area contributed by atoms with Gasteiger partial charge in [0, 0.05) is 0 Å². The number of hydrogen-bond donors (Lipinski definition) is 0. The standard InChI is InChI=1S/C24H38FN/c1-2-6-20-9-13-22(14-10-20)17-18-23-15-11-21(12-16-23)7-4-3-5-8-24(25)19-26/h3,5,8,20-23H,2,4,6-7,9-18H2,1H3. The summed E-state index contributed by atoms with van der Waals surface area (Å²) in [6, 6.07) is 1.50. The van der Waals surface area contributed by atoms with Crippen LogP contribution in [0.15, 0.2) is 24.1 Å². The van der Waals surface area contributed by atoms with Gasteiger partial charge in [0.15, 0.2) is 5.83 Å². The molecule has 0 radical (unpaired) electrons. The number of hydrogen-bond acceptors (Lipinski definition) is 1. The van der Waals surface area contributed by atoms with Crippen LogP contribution in [0.2, 0.25) is 0 Å². The number of nitriles is 1. The molecule has 0 amide bonds. The van der Waals surface area contributed by atoms with Crippen LogP contribution in [0.5, 0.6) is 0 Å². The van der Waals surface area contributed by atoms with Gasteiger partial charge in [-0.3, -0.25) is 0 Å². The fourth-order valence-electron chi connectivity index (χ4n) is 5.12. The molecule has 0 heterocycles. The second kappa shape index (κ2) is 12.3. The van der Waals surface area contributed by atoms with Crippen molar-refractivity contribution in [1.82, 2.24) is 0 Å². The van der Waals surface area contributed by atoms with Gasteiger partial charge in [0.2, 0.25) is 0 Å². The van der Waals surface area contributed by atoms with Crippen LogP contribution in [0.1, 0.15) is 96.8 Å². The maximum absolute atomic E-state index is 12.7. The van der Waals surface area contributed by atoms with Gasteiger partial charge in [-0.25, -0.2) is 0 Å². The highest BCUT2D eigenvalue weighted by Gasteiger charge is 2.24. The Hall–Kier alpha value is -1.10. The van der Waals surface area contributed by atoms with E-state index in [2.05, 4.69) is 6.92 Å². The minimum atomic E-state index is -0.708. The third-order valence-corrected chi connectivity index (χ3v) is 6.84. The molecule has 2 aliphatic carbocycles. The van der Waals surface area contributed by atoms with E-state index in [9.17, 15) is 4.39 Å². The maximum Gasteiger partial charge on any atom is 0.199 e. The first-order valence-electron chi connectivity index (χ1n) is 11.1. The Labute approximate surface area is 160 Å². The summed E-state index contributed by atoms with van der Waals surface area (Å²) in [6.45, 7) is 2.32. The number of halogens is 1. The van der Waals surface area contributed by atoms with Crippen molar-refractivity contribution in [2.24, 2.45) is 23.7 Å². The quantitative estimate of drug-likeness (QED) is 0.303. The first-order chi connectivity index (χ1) is 12.7. The van der Waals surface area contributed by atoms with Crippen LogP contribution in [0, 0.1) is 35.0 Å². The first kappa shape index (κ1) is 21.2. The Bertz CT molecular complexity index is 471. The predicted molar refractivity (Wildman–Crippen MR) is 108 cm³/mol. The molecule has 0 aliphatic heterocycles. The average Bonchev–Trinajstić information content (AvgIpc) is 2.68. The molecule has 26 heavy (non-hydrogen) atoms. The molecule has 2 fully saturated rings. The molecule has 0 atom stereocenters. The number of rotatable bonds is 9. The van der Waals surface area contributed by atoms with Gasteiger partial charge < -0.3 is 0 Å². The third kappa shape index (κ3) is 8.07. The molecule has 0 aromatic carbocycles. The lowest BCUT2D eigenvalue weighted by Crippen LogP contribution is -2.18. The van der Waals surface area contributed by atoms with Crippen molar-refractivity contribution in [3.05, 3.63) is 24.1 Å². The molecule has 1 nitrogen and oxygen atoms in total. The van der Waals surface area contributed by atoms with Crippen molar-refractivity contribution in [2.75, 3.05) is 0 Å². The lowest BCUT2D eigenvalue weighted by Gasteiger charge is -2.32. The topological polar surface area (TPSA) is 23.8 Å². The normalized spacial score (nSPS) is 30.4. The van der Waals surface area contributed by atoms with E-state index < -0.39 is 5.83 Å². The van der Waals surface area contributed by atoms with Gasteiger partial charge in [-0.15, -0.1) is 0 Å². The van der Waals surface area contributed by atoms with Crippen molar-refractivity contribution in [1.29, 1.82) is 5.26 Å². The van der Waals surface area contributed by atoms with Crippen molar-refractivity contribution >= 4 is 0 Å². The molecule has 2 rings (SSSR count). The molecule has 2 heteroatoms. The molecule has 0 aromatic rings. The van der Waals surface area contributed by atoms with E-state index in [1.165, 1.54) is 95.6 Å². The Morgan fingerprint density at radius 3 is 1.77 bits per heavy atom. The molecular weight excluding hydrogens is 321 g/mol. The van der Waals surface area contributed by atoms with Crippen molar-refractivity contribution in [3.63, 3.8) is 0 Å². The van der Waals surface area contributed by atoms with Gasteiger partial charge in [-0.2, -0.15) is 9.65 Å². The van der Waals surface area contributed by atoms with Crippen molar-refractivity contribution in [2.45, 2.75) is 96.8 Å². The molecule has 2 aliphatic rings. The SMILES string of the molecule is CCCC1CCC(CCC2CCC(CCC=CC=C(F)C#N)CC2)CC1. The summed E-state index contributed by atoms with van der Waals surface area (Å²) in [5.74, 6) is 3.18. The Balaban J connectivity index is 1.53. The fraction of sp³-hybridized carbons (Fsp3) is 0.792. The maximum atomic E-state index is 12.7. The second-order valence-electron chi connectivity index (χ2n) is 8.77. The summed E-state index contributed by atoms with van der Waals surface area (Å²) in [4.78, 5) is 0. The smallest absolute Gasteiger partial charge is 0.195 e. The van der Waals surface area contributed by atoms with E-state index in [4.69, 9.17) is 5.26 Å². The van der Waals surface area contributed by atoms with E-state index >= 15 is 0 Å². The van der Waals surface area contributed by atoms with Gasteiger partial charge in [0.05, 0.1) is 0 Å². The van der Waals surface area contributed by atoms with Crippen LogP contribution in [-0.4, -0.2) is 0 Å². The second-order valence-corrected chi connectivity index (χ2v) is 8.77. The Morgan fingerprint density at radius 1 is 0.846 bits per heavy atom. The fourth-order valence-corrected chi connectivity index (χ4v) is 5.12. The van der Waals surface area contributed by atoms with E-state index in [1.54, 1.807) is 6.08 Å². The van der Waals surface area contributed by atoms with Crippen LogP contribution in [0.3, 0.4) is 0 Å². The van der Waals surface area contributed by atoms with Crippen LogP contribution in [-0.2, 0) is 0 Å². The zero-order valence-electron chi connectivity index (χ0n) is 16.8. The number of allylic oxidation sites excluding steroid dienone is 4. The first-order valence-corrected chi connectivity index (χ1v) is 11.1. The highest BCUT2D eigenvalue weighted by Crippen LogP contribution is 2.38. The van der Waals surface area contributed by atoms with E-state index in [1.807, 2.05) is 6.08 Å². The molecule has 2 saturated carbocycles. The minimum Gasteiger partial charge on any atom is -0.195 e. The Morgan fingerprint density at radius 2 is 1.31 bits per heavy atom. The van der Waals surface area contributed by atoms with Crippen LogP contribution in [0.4, 0.5) is 4.39 Å². The van der Waals surface area contributed by atoms with Gasteiger partial charge in [-0.1, -0.05) is 96.1 Å². The number of nitrogens with zero attached hydrogens (tertiary/aromatic N) is 1. The summed E-state index contributed by atoms with van der Waals surface area (Å²) in [6.07, 6.45) is 24.5. The predicted octanol–water partition coefficient (Wildman–Crippen LogP) is 7.89. The monoisotopic (exact) mass is 359 g/mol. The van der Waals surface area contributed by atoms with Gasteiger partial charge in [-0.05, 0) is 42.6 Å². The van der Waals surface area contributed by atoms with E-state index in [0.717, 1.165) is 30.1 Å². The molecule has 0 aromatic heterocycles. The van der Waals surface area contributed by atoms with Gasteiger partial charge in [0.25, 0.3) is 0 Å². The zero-order chi connectivity index (χ0) is 18.6. The minimum absolute atomic E-state index is 0.708. The molecule has 0 saturated heterocycles. The molecule has 0 spiro atoms. The molecular formula is C24H38FN. The van der Waals surface area contributed by atoms with Crippen molar-refractivity contribution < 1.29 is 4.39 Å². The van der Waals surface area contributed by atoms with Crippen LogP contribution in [0.25, 0.3) is 0 Å². The van der Waals surface area contributed by atoms with Gasteiger partial charge in [0.1, 0.15) is 6.07 Å². The summed E-state index contributed by atoms with van der Waals surface area (Å²) >= 11 is 0. The summed E-state index contributed by atoms with van der Waals surface area (Å²) in [5.41, 5.74) is 0. The summed E-state index contributed by atoms with van der Waals surface area (Å²) in [7, 11) is 0. The molecule has 0 N–H and O–H groups in total. The Kier molecular flexibility index (Phi) is 10.0.